The average molecular weight is 294 g/mol. The van der Waals surface area contributed by atoms with E-state index in [0.717, 1.165) is 38.5 Å². The predicted octanol–water partition coefficient (Wildman–Crippen LogP) is 2.60. The number of pyridine rings is 1. The summed E-state index contributed by atoms with van der Waals surface area (Å²) in [6.07, 6.45) is 2.70. The van der Waals surface area contributed by atoms with Crippen LogP contribution in [-0.2, 0) is 11.2 Å². The molecule has 0 saturated carbocycles. The number of carbonyl (C=O) groups excluding carboxylic acids is 1. The van der Waals surface area contributed by atoms with E-state index in [1.54, 1.807) is 12.3 Å². The molecule has 3 aromatic rings. The molecule has 2 aromatic heterocycles. The van der Waals surface area contributed by atoms with Crippen LogP contribution in [0.4, 0.5) is 5.69 Å². The normalized spacial score (nSPS) is 14.5. The third-order valence-corrected chi connectivity index (χ3v) is 4.00. The molecular formula is C16H14N4O2. The highest BCUT2D eigenvalue weighted by molar-refractivity contribution is 6.00. The van der Waals surface area contributed by atoms with Crippen LogP contribution in [0.5, 0.6) is 0 Å². The van der Waals surface area contributed by atoms with Gasteiger partial charge < -0.3 is 0 Å². The third-order valence-electron chi connectivity index (χ3n) is 4.00. The Morgan fingerprint density at radius 3 is 2.95 bits per heavy atom. The predicted molar refractivity (Wildman–Crippen MR) is 81.7 cm³/mol. The van der Waals surface area contributed by atoms with Crippen LogP contribution in [-0.4, -0.2) is 26.3 Å². The molecule has 1 aromatic carbocycles. The molecule has 0 atom stereocenters. The maximum absolute atomic E-state index is 11.6. The van der Waals surface area contributed by atoms with Crippen molar-refractivity contribution in [3.63, 3.8) is 0 Å². The van der Waals surface area contributed by atoms with Gasteiger partial charge in [0.05, 0.1) is 11.2 Å². The Hall–Kier alpha value is -2.73. The third kappa shape index (κ3) is 1.88. The van der Waals surface area contributed by atoms with E-state index in [4.69, 9.17) is 0 Å². The molecule has 22 heavy (non-hydrogen) atoms. The summed E-state index contributed by atoms with van der Waals surface area (Å²) in [5.74, 6) is -0.281. The van der Waals surface area contributed by atoms with Gasteiger partial charge >= 0.3 is 0 Å². The number of fused-ring (bicyclic) bond motifs is 2. The number of carbonyl (C=O) groups is 1. The van der Waals surface area contributed by atoms with Crippen molar-refractivity contribution in [1.29, 1.82) is 0 Å². The number of nitrogens with zero attached hydrogens (tertiary/aromatic N) is 3. The van der Waals surface area contributed by atoms with Crippen molar-refractivity contribution < 1.29 is 10.0 Å². The Morgan fingerprint density at radius 2 is 2.14 bits per heavy atom. The van der Waals surface area contributed by atoms with Crippen molar-refractivity contribution in [2.45, 2.75) is 19.8 Å². The fourth-order valence-electron chi connectivity index (χ4n) is 2.89. The van der Waals surface area contributed by atoms with Crippen molar-refractivity contribution in [3.8, 4) is 11.3 Å². The first-order valence-corrected chi connectivity index (χ1v) is 7.09. The van der Waals surface area contributed by atoms with Crippen LogP contribution in [0.3, 0.4) is 0 Å². The summed E-state index contributed by atoms with van der Waals surface area (Å²) in [5, 5.41) is 19.0. The molecular weight excluding hydrogens is 280 g/mol. The van der Waals surface area contributed by atoms with Gasteiger partial charge in [-0.05, 0) is 43.2 Å². The molecule has 110 valence electrons. The number of aryl methyl sites for hydroxylation is 2. The Morgan fingerprint density at radius 1 is 1.27 bits per heavy atom. The number of hydroxylamine groups is 1. The lowest BCUT2D eigenvalue weighted by Gasteiger charge is -2.23. The van der Waals surface area contributed by atoms with Gasteiger partial charge in [-0.1, -0.05) is 0 Å². The molecule has 0 unspecified atom stereocenters. The zero-order chi connectivity index (χ0) is 15.3. The summed E-state index contributed by atoms with van der Waals surface area (Å²) in [5.41, 5.74) is 5.04. The second-order valence-corrected chi connectivity index (χ2v) is 5.49. The van der Waals surface area contributed by atoms with Gasteiger partial charge in [-0.25, -0.2) is 0 Å². The molecule has 6 heteroatoms. The minimum absolute atomic E-state index is 0.281. The number of aromatic amines is 1. The smallest absolute Gasteiger partial charge is 0.251 e. The number of nitrogens with one attached hydrogen (secondary N) is 1. The second kappa shape index (κ2) is 4.64. The molecule has 6 nitrogen and oxygen atoms in total. The molecule has 4 rings (SSSR count). The van der Waals surface area contributed by atoms with Gasteiger partial charge in [0.2, 0.25) is 0 Å². The summed E-state index contributed by atoms with van der Waals surface area (Å²) in [6.45, 7) is 1.94. The van der Waals surface area contributed by atoms with Crippen LogP contribution in [0.15, 0.2) is 30.5 Å². The van der Waals surface area contributed by atoms with Gasteiger partial charge in [0.25, 0.3) is 5.91 Å². The van der Waals surface area contributed by atoms with Crippen LogP contribution >= 0.6 is 0 Å². The van der Waals surface area contributed by atoms with E-state index < -0.39 is 0 Å². The second-order valence-electron chi connectivity index (χ2n) is 5.49. The first kappa shape index (κ1) is 13.0. The fraction of sp³-hybridized carbons (Fsp3) is 0.188. The number of hydrogen-bond acceptors (Lipinski definition) is 4. The number of rotatable bonds is 1. The van der Waals surface area contributed by atoms with E-state index in [0.29, 0.717) is 18.5 Å². The average Bonchev–Trinajstić information content (AvgIpc) is 2.92. The lowest BCUT2D eigenvalue weighted by atomic mass is 9.98. The maximum Gasteiger partial charge on any atom is 0.251 e. The largest absolute Gasteiger partial charge is 0.281 e. The van der Waals surface area contributed by atoms with Gasteiger partial charge in [-0.15, -0.1) is 0 Å². The molecule has 1 amide bonds. The molecule has 2 N–H and O–H groups in total. The number of anilines is 1. The molecule has 0 bridgehead atoms. The minimum atomic E-state index is -0.281. The van der Waals surface area contributed by atoms with E-state index in [-0.39, 0.29) is 5.91 Å². The lowest BCUT2D eigenvalue weighted by molar-refractivity contribution is -0.124. The summed E-state index contributed by atoms with van der Waals surface area (Å²) in [7, 11) is 0. The monoisotopic (exact) mass is 294 g/mol. The lowest BCUT2D eigenvalue weighted by Crippen LogP contribution is -2.31. The number of hydrogen-bond donors (Lipinski definition) is 2. The molecule has 0 fully saturated rings. The SMILES string of the molecule is Cc1cc(-c2n[nH]c3cc4c(cc23)CCC(=O)N4O)ccn1. The highest BCUT2D eigenvalue weighted by Gasteiger charge is 2.24. The van der Waals surface area contributed by atoms with Gasteiger partial charge in [0, 0.05) is 29.3 Å². The summed E-state index contributed by atoms with van der Waals surface area (Å²) in [4.78, 5) is 15.8. The first-order chi connectivity index (χ1) is 10.6. The van der Waals surface area contributed by atoms with E-state index in [1.807, 2.05) is 25.1 Å². The van der Waals surface area contributed by atoms with E-state index >= 15 is 0 Å². The van der Waals surface area contributed by atoms with Gasteiger partial charge in [-0.3, -0.25) is 20.1 Å². The molecule has 0 aliphatic carbocycles. The van der Waals surface area contributed by atoms with Gasteiger partial charge in [-0.2, -0.15) is 10.2 Å². The Labute approximate surface area is 126 Å². The van der Waals surface area contributed by atoms with Crippen LogP contribution < -0.4 is 5.06 Å². The van der Waals surface area contributed by atoms with E-state index in [9.17, 15) is 10.0 Å². The zero-order valence-electron chi connectivity index (χ0n) is 12.0. The van der Waals surface area contributed by atoms with Crippen molar-refractivity contribution >= 4 is 22.5 Å². The Kier molecular flexibility index (Phi) is 2.74. The highest BCUT2D eigenvalue weighted by Crippen LogP contribution is 2.34. The summed E-state index contributed by atoms with van der Waals surface area (Å²) < 4.78 is 0. The van der Waals surface area contributed by atoms with Gasteiger partial charge in [0.1, 0.15) is 5.69 Å². The topological polar surface area (TPSA) is 82.1 Å². The van der Waals surface area contributed by atoms with Crippen molar-refractivity contribution in [3.05, 3.63) is 41.7 Å². The Bertz CT molecular complexity index is 900. The van der Waals surface area contributed by atoms with Crippen LogP contribution in [0, 0.1) is 6.92 Å². The molecule has 1 aliphatic rings. The fourth-order valence-corrected chi connectivity index (χ4v) is 2.89. The molecule has 1 aliphatic heterocycles. The van der Waals surface area contributed by atoms with Crippen LogP contribution in [0.1, 0.15) is 17.7 Å². The number of benzene rings is 1. The van der Waals surface area contributed by atoms with Gasteiger partial charge in [0.15, 0.2) is 0 Å². The quantitative estimate of drug-likeness (QED) is 0.676. The van der Waals surface area contributed by atoms with Crippen molar-refractivity contribution in [2.24, 2.45) is 0 Å². The highest BCUT2D eigenvalue weighted by atomic mass is 16.5. The summed E-state index contributed by atoms with van der Waals surface area (Å²) in [6, 6.07) is 7.67. The molecule has 3 heterocycles. The summed E-state index contributed by atoms with van der Waals surface area (Å²) >= 11 is 0. The number of amides is 1. The van der Waals surface area contributed by atoms with Crippen LogP contribution in [0.25, 0.3) is 22.2 Å². The van der Waals surface area contributed by atoms with E-state index in [1.165, 1.54) is 0 Å². The standard InChI is InChI=1S/C16H14N4O2/c1-9-6-11(4-5-17-9)16-12-7-10-2-3-15(21)20(22)14(10)8-13(12)18-19-16/h4-8,22H,2-3H2,1H3,(H,18,19). The van der Waals surface area contributed by atoms with E-state index in [2.05, 4.69) is 15.2 Å². The Balaban J connectivity index is 1.92. The van der Waals surface area contributed by atoms with Crippen LogP contribution in [0.2, 0.25) is 0 Å². The van der Waals surface area contributed by atoms with Crippen molar-refractivity contribution in [2.75, 3.05) is 5.06 Å². The molecule has 0 radical (unpaired) electrons. The molecule has 0 saturated heterocycles. The number of H-pyrrole nitrogens is 1. The van der Waals surface area contributed by atoms with Crippen molar-refractivity contribution in [1.82, 2.24) is 15.2 Å². The zero-order valence-corrected chi connectivity index (χ0v) is 12.0. The first-order valence-electron chi connectivity index (χ1n) is 7.09. The number of aromatic nitrogens is 3. The minimum Gasteiger partial charge on any atom is -0.281 e. The maximum atomic E-state index is 11.6. The molecule has 0 spiro atoms.